The average Bonchev–Trinajstić information content (AvgIpc) is 2.26. The van der Waals surface area contributed by atoms with Crippen LogP contribution < -0.4 is 10.9 Å². The second-order valence-electron chi connectivity index (χ2n) is 3.39. The zero-order valence-corrected chi connectivity index (χ0v) is 9.84. The molecule has 1 rings (SSSR count). The molecule has 0 unspecified atom stereocenters. The fourth-order valence-corrected chi connectivity index (χ4v) is 1.15. The van der Waals surface area contributed by atoms with Crippen molar-refractivity contribution in [2.24, 2.45) is 0 Å². The van der Waals surface area contributed by atoms with Crippen molar-refractivity contribution in [1.82, 2.24) is 5.43 Å². The number of benzene rings is 1. The lowest BCUT2D eigenvalue weighted by atomic mass is 10.1. The van der Waals surface area contributed by atoms with Crippen LogP contribution in [0.1, 0.15) is 13.8 Å². The molecule has 1 aromatic rings. The number of hydrazine groups is 1. The van der Waals surface area contributed by atoms with E-state index in [4.69, 9.17) is 11.6 Å². The number of anilines is 1. The number of Topliss-reactive ketones (excluding diaryl/α,β-unsaturated/α-hetero) is 2. The Morgan fingerprint density at radius 3 is 2.06 bits per heavy atom. The van der Waals surface area contributed by atoms with Gasteiger partial charge in [0.1, 0.15) is 0 Å². The molecule has 5 heteroatoms. The Morgan fingerprint density at radius 1 is 1.12 bits per heavy atom. The van der Waals surface area contributed by atoms with Crippen molar-refractivity contribution in [3.05, 3.63) is 30.3 Å². The van der Waals surface area contributed by atoms with Crippen molar-refractivity contribution in [3.8, 4) is 0 Å². The Bertz CT molecular complexity index is 378. The Morgan fingerprint density at radius 2 is 1.62 bits per heavy atom. The quantitative estimate of drug-likeness (QED) is 0.356. The fraction of sp³-hybridized carbons (Fsp3) is 0.273. The van der Waals surface area contributed by atoms with Crippen molar-refractivity contribution in [3.63, 3.8) is 0 Å². The molecule has 0 amide bonds. The van der Waals surface area contributed by atoms with Gasteiger partial charge in [0.2, 0.25) is 5.00 Å². The lowest BCUT2D eigenvalue weighted by Crippen LogP contribution is -2.54. The molecule has 0 aliphatic carbocycles. The molecule has 0 saturated heterocycles. The molecular weight excluding hydrogens is 228 g/mol. The van der Waals surface area contributed by atoms with E-state index in [1.165, 1.54) is 13.8 Å². The van der Waals surface area contributed by atoms with Crippen molar-refractivity contribution in [1.29, 1.82) is 0 Å². The lowest BCUT2D eigenvalue weighted by Gasteiger charge is -2.23. The molecule has 4 nitrogen and oxygen atoms in total. The Hall–Kier alpha value is -1.39. The van der Waals surface area contributed by atoms with Crippen LogP contribution in [0.2, 0.25) is 0 Å². The third kappa shape index (κ3) is 2.81. The summed E-state index contributed by atoms with van der Waals surface area (Å²) in [6.45, 7) is 2.52. The van der Waals surface area contributed by atoms with E-state index >= 15 is 0 Å². The highest BCUT2D eigenvalue weighted by Gasteiger charge is 2.38. The fourth-order valence-electron chi connectivity index (χ4n) is 1.10. The lowest BCUT2D eigenvalue weighted by molar-refractivity contribution is -0.129. The van der Waals surface area contributed by atoms with E-state index in [0.717, 1.165) is 5.69 Å². The van der Waals surface area contributed by atoms with Gasteiger partial charge >= 0.3 is 0 Å². The summed E-state index contributed by atoms with van der Waals surface area (Å²) in [5.41, 5.74) is 5.97. The van der Waals surface area contributed by atoms with Crippen LogP contribution in [0.5, 0.6) is 0 Å². The molecular formula is C11H13ClN2O2. The minimum atomic E-state index is -1.71. The first-order chi connectivity index (χ1) is 7.47. The summed E-state index contributed by atoms with van der Waals surface area (Å²) in [4.78, 5) is 20.8. The molecule has 0 aromatic heterocycles. The third-order valence-electron chi connectivity index (χ3n) is 2.12. The first-order valence-corrected chi connectivity index (χ1v) is 5.14. The molecule has 2 N–H and O–H groups in total. The van der Waals surface area contributed by atoms with Gasteiger partial charge in [-0.05, 0) is 26.0 Å². The maximum Gasteiger partial charge on any atom is 0.226 e. The molecule has 16 heavy (non-hydrogen) atoms. The zero-order chi connectivity index (χ0) is 12.2. The Labute approximate surface area is 99.0 Å². The number of carbonyl (C=O) groups is 2. The summed E-state index contributed by atoms with van der Waals surface area (Å²) < 4.78 is 0. The van der Waals surface area contributed by atoms with Gasteiger partial charge in [-0.2, -0.15) is 0 Å². The minimum absolute atomic E-state index is 0.454. The molecule has 0 fully saturated rings. The third-order valence-corrected chi connectivity index (χ3v) is 2.75. The maximum absolute atomic E-state index is 11.3. The van der Waals surface area contributed by atoms with Crippen LogP contribution in [0, 0.1) is 0 Å². The summed E-state index contributed by atoms with van der Waals surface area (Å²) in [7, 11) is 0. The van der Waals surface area contributed by atoms with Gasteiger partial charge in [-0.25, -0.2) is 5.43 Å². The number of rotatable bonds is 5. The SMILES string of the molecule is CC(=O)C(Cl)(NNc1ccccc1)C(C)=O. The monoisotopic (exact) mass is 240 g/mol. The molecule has 0 spiro atoms. The van der Waals surface area contributed by atoms with Crippen LogP contribution in [-0.4, -0.2) is 16.6 Å². The van der Waals surface area contributed by atoms with Crippen LogP contribution >= 0.6 is 11.6 Å². The van der Waals surface area contributed by atoms with Gasteiger partial charge in [0.05, 0.1) is 0 Å². The van der Waals surface area contributed by atoms with Gasteiger partial charge in [-0.15, -0.1) is 0 Å². The van der Waals surface area contributed by atoms with E-state index < -0.39 is 16.6 Å². The van der Waals surface area contributed by atoms with Crippen LogP contribution in [0.3, 0.4) is 0 Å². The van der Waals surface area contributed by atoms with Crippen molar-refractivity contribution < 1.29 is 9.59 Å². The van der Waals surface area contributed by atoms with E-state index in [2.05, 4.69) is 10.9 Å². The number of alkyl halides is 1. The predicted molar refractivity (Wildman–Crippen MR) is 63.1 cm³/mol. The largest absolute Gasteiger partial charge is 0.319 e. The van der Waals surface area contributed by atoms with Crippen LogP contribution in [0.25, 0.3) is 0 Å². The summed E-state index contributed by atoms with van der Waals surface area (Å²) in [5.74, 6) is -0.907. The zero-order valence-electron chi connectivity index (χ0n) is 9.08. The van der Waals surface area contributed by atoms with Gasteiger partial charge in [0, 0.05) is 5.69 Å². The van der Waals surface area contributed by atoms with Gasteiger partial charge in [-0.1, -0.05) is 29.8 Å². The van der Waals surface area contributed by atoms with E-state index in [1.54, 1.807) is 12.1 Å². The number of para-hydroxylation sites is 1. The molecule has 0 aliphatic heterocycles. The van der Waals surface area contributed by atoms with Gasteiger partial charge in [0.25, 0.3) is 0 Å². The number of nitrogens with one attached hydrogen (secondary N) is 2. The standard InChI is InChI=1S/C11H13ClN2O2/c1-8(15)11(12,9(2)16)14-13-10-6-4-3-5-7-10/h3-7,13-14H,1-2H3. The number of ketones is 2. The van der Waals surface area contributed by atoms with E-state index in [1.807, 2.05) is 18.2 Å². The molecule has 0 aliphatic rings. The molecule has 0 bridgehead atoms. The number of halogens is 1. The second-order valence-corrected chi connectivity index (χ2v) is 3.95. The molecule has 0 radical (unpaired) electrons. The average molecular weight is 241 g/mol. The predicted octanol–water partition coefficient (Wildman–Crippen LogP) is 1.72. The number of hydrogen-bond donors (Lipinski definition) is 2. The minimum Gasteiger partial charge on any atom is -0.319 e. The van der Waals surface area contributed by atoms with Gasteiger partial charge < -0.3 is 5.43 Å². The van der Waals surface area contributed by atoms with Crippen LogP contribution in [0.15, 0.2) is 30.3 Å². The van der Waals surface area contributed by atoms with E-state index in [0.29, 0.717) is 0 Å². The first kappa shape index (κ1) is 12.7. The topological polar surface area (TPSA) is 58.2 Å². The summed E-state index contributed by atoms with van der Waals surface area (Å²) >= 11 is 5.89. The van der Waals surface area contributed by atoms with Crippen molar-refractivity contribution in [2.75, 3.05) is 5.43 Å². The molecule has 0 heterocycles. The smallest absolute Gasteiger partial charge is 0.226 e. The first-order valence-electron chi connectivity index (χ1n) is 4.76. The summed E-state index contributed by atoms with van der Waals surface area (Å²) in [6, 6.07) is 9.06. The highest BCUT2D eigenvalue weighted by atomic mass is 35.5. The molecule has 86 valence electrons. The second kappa shape index (κ2) is 5.09. The maximum atomic E-state index is 11.3. The summed E-state index contributed by atoms with van der Waals surface area (Å²) in [5, 5.41) is 0. The van der Waals surface area contributed by atoms with Crippen LogP contribution in [0.4, 0.5) is 5.69 Å². The van der Waals surface area contributed by atoms with Crippen molar-refractivity contribution in [2.45, 2.75) is 18.8 Å². The Balaban J connectivity index is 2.72. The van der Waals surface area contributed by atoms with E-state index in [-0.39, 0.29) is 0 Å². The van der Waals surface area contributed by atoms with E-state index in [9.17, 15) is 9.59 Å². The number of carbonyl (C=O) groups excluding carboxylic acids is 2. The molecule has 0 saturated carbocycles. The highest BCUT2D eigenvalue weighted by molar-refractivity contribution is 6.45. The number of hydrogen-bond acceptors (Lipinski definition) is 4. The highest BCUT2D eigenvalue weighted by Crippen LogP contribution is 2.15. The normalized spacial score (nSPS) is 10.9. The van der Waals surface area contributed by atoms with Crippen LogP contribution in [-0.2, 0) is 9.59 Å². The molecule has 0 atom stereocenters. The van der Waals surface area contributed by atoms with Gasteiger partial charge in [0.15, 0.2) is 11.6 Å². The molecule has 1 aromatic carbocycles. The Kier molecular flexibility index (Phi) is 4.04. The van der Waals surface area contributed by atoms with Crippen molar-refractivity contribution >= 4 is 28.9 Å². The summed E-state index contributed by atoms with van der Waals surface area (Å²) in [6.07, 6.45) is 0. The van der Waals surface area contributed by atoms with Gasteiger partial charge in [-0.3, -0.25) is 9.59 Å².